The Labute approximate surface area is 110 Å². The zero-order valence-corrected chi connectivity index (χ0v) is 11.0. The third-order valence-corrected chi connectivity index (χ3v) is 3.38. The van der Waals surface area contributed by atoms with E-state index in [0.29, 0.717) is 0 Å². The molecule has 5 nitrogen and oxygen atoms in total. The molecule has 0 atom stereocenters. The molecule has 2 N–H and O–H groups in total. The van der Waals surface area contributed by atoms with Gasteiger partial charge in [-0.15, -0.1) is 0 Å². The summed E-state index contributed by atoms with van der Waals surface area (Å²) < 4.78 is 5.00. The highest BCUT2D eigenvalue weighted by molar-refractivity contribution is 7.99. The second kappa shape index (κ2) is 7.15. The highest BCUT2D eigenvalue weighted by Crippen LogP contribution is 2.27. The molecule has 0 amide bonds. The number of nitrogens with one attached hydrogen (secondary N) is 2. The molecule has 0 unspecified atom stereocenters. The van der Waals surface area contributed by atoms with Gasteiger partial charge in [-0.25, -0.2) is 4.98 Å². The molecular weight excluding hydrogens is 248 g/mol. The second-order valence-corrected chi connectivity index (χ2v) is 4.70. The van der Waals surface area contributed by atoms with Gasteiger partial charge in [0.1, 0.15) is 6.33 Å². The number of benzene rings is 1. The first-order chi connectivity index (χ1) is 8.90. The van der Waals surface area contributed by atoms with Gasteiger partial charge >= 0.3 is 0 Å². The second-order valence-electron chi connectivity index (χ2n) is 3.67. The van der Waals surface area contributed by atoms with Crippen LogP contribution in [0.5, 0.6) is 0 Å². The topological polar surface area (TPSA) is 62.8 Å². The molecule has 0 aliphatic heterocycles. The highest BCUT2D eigenvalue weighted by atomic mass is 32.2. The third kappa shape index (κ3) is 3.83. The maximum Gasteiger partial charge on any atom is 0.188 e. The Bertz CT molecular complexity index is 461. The first kappa shape index (κ1) is 13.1. The number of H-pyrrole nitrogens is 1. The maximum absolute atomic E-state index is 5.00. The van der Waals surface area contributed by atoms with Crippen LogP contribution < -0.4 is 5.32 Å². The van der Waals surface area contributed by atoms with Crippen LogP contribution in [0.1, 0.15) is 5.56 Å². The van der Waals surface area contributed by atoms with Crippen LogP contribution in [0.4, 0.5) is 0 Å². The average Bonchev–Trinajstić information content (AvgIpc) is 2.89. The number of aromatic nitrogens is 3. The lowest BCUT2D eigenvalue weighted by Crippen LogP contribution is -2.18. The molecule has 2 rings (SSSR count). The number of methoxy groups -OCH3 is 1. The number of nitrogens with zero attached hydrogens (tertiary/aromatic N) is 2. The lowest BCUT2D eigenvalue weighted by molar-refractivity contribution is 0.199. The molecule has 0 aliphatic rings. The smallest absolute Gasteiger partial charge is 0.188 e. The molecule has 0 radical (unpaired) electrons. The highest BCUT2D eigenvalue weighted by Gasteiger charge is 2.05. The fraction of sp³-hybridized carbons (Fsp3) is 0.333. The lowest BCUT2D eigenvalue weighted by atomic mass is 10.2. The minimum Gasteiger partial charge on any atom is -0.383 e. The Balaban J connectivity index is 1.97. The van der Waals surface area contributed by atoms with Crippen molar-refractivity contribution in [3.63, 3.8) is 0 Å². The van der Waals surface area contributed by atoms with E-state index in [9.17, 15) is 0 Å². The van der Waals surface area contributed by atoms with Crippen LogP contribution in [0.15, 0.2) is 40.6 Å². The lowest BCUT2D eigenvalue weighted by Gasteiger charge is -2.08. The molecule has 0 saturated heterocycles. The third-order valence-electron chi connectivity index (χ3n) is 2.37. The Morgan fingerprint density at radius 2 is 2.28 bits per heavy atom. The molecule has 0 bridgehead atoms. The molecule has 0 spiro atoms. The Kier molecular flexibility index (Phi) is 5.19. The predicted molar refractivity (Wildman–Crippen MR) is 70.5 cm³/mol. The molecule has 1 aromatic carbocycles. The predicted octanol–water partition coefficient (Wildman–Crippen LogP) is 1.69. The molecule has 2 aromatic rings. The quantitative estimate of drug-likeness (QED) is 0.745. The molecule has 1 heterocycles. The molecule has 96 valence electrons. The Hall–Kier alpha value is -1.37. The maximum atomic E-state index is 5.00. The summed E-state index contributed by atoms with van der Waals surface area (Å²) in [4.78, 5) is 5.30. The number of aromatic amines is 1. The molecule has 1 aromatic heterocycles. The van der Waals surface area contributed by atoms with E-state index in [4.69, 9.17) is 4.74 Å². The van der Waals surface area contributed by atoms with Crippen molar-refractivity contribution >= 4 is 11.8 Å². The van der Waals surface area contributed by atoms with Gasteiger partial charge in [-0.1, -0.05) is 30.0 Å². The van der Waals surface area contributed by atoms with Crippen molar-refractivity contribution in [1.82, 2.24) is 20.5 Å². The van der Waals surface area contributed by atoms with Gasteiger partial charge in [-0.3, -0.25) is 5.10 Å². The first-order valence-electron chi connectivity index (χ1n) is 5.71. The molecule has 6 heteroatoms. The van der Waals surface area contributed by atoms with Crippen LogP contribution in [0.3, 0.4) is 0 Å². The van der Waals surface area contributed by atoms with E-state index in [2.05, 4.69) is 32.6 Å². The Morgan fingerprint density at radius 3 is 3.06 bits per heavy atom. The zero-order valence-electron chi connectivity index (χ0n) is 10.2. The van der Waals surface area contributed by atoms with Gasteiger partial charge in [0.05, 0.1) is 6.61 Å². The normalized spacial score (nSPS) is 10.7. The molecule has 18 heavy (non-hydrogen) atoms. The van der Waals surface area contributed by atoms with Crippen LogP contribution in [0.2, 0.25) is 0 Å². The van der Waals surface area contributed by atoms with Gasteiger partial charge in [0, 0.05) is 25.1 Å². The summed E-state index contributed by atoms with van der Waals surface area (Å²) in [5.74, 6) is 0. The summed E-state index contributed by atoms with van der Waals surface area (Å²) in [6.07, 6.45) is 1.52. The minimum atomic E-state index is 0.720. The van der Waals surface area contributed by atoms with E-state index < -0.39 is 0 Å². The molecule has 0 saturated carbocycles. The van der Waals surface area contributed by atoms with E-state index >= 15 is 0 Å². The van der Waals surface area contributed by atoms with Crippen molar-refractivity contribution in [2.45, 2.75) is 16.6 Å². The van der Waals surface area contributed by atoms with Crippen LogP contribution in [-0.4, -0.2) is 35.4 Å². The number of hydrogen-bond acceptors (Lipinski definition) is 5. The number of rotatable bonds is 7. The van der Waals surface area contributed by atoms with E-state index in [1.54, 1.807) is 18.9 Å². The van der Waals surface area contributed by atoms with E-state index in [1.165, 1.54) is 16.8 Å². The minimum absolute atomic E-state index is 0.720. The van der Waals surface area contributed by atoms with Crippen molar-refractivity contribution in [1.29, 1.82) is 0 Å². The summed E-state index contributed by atoms with van der Waals surface area (Å²) in [5.41, 5.74) is 1.25. The summed E-state index contributed by atoms with van der Waals surface area (Å²) in [5, 5.41) is 10.8. The summed E-state index contributed by atoms with van der Waals surface area (Å²) >= 11 is 1.58. The van der Waals surface area contributed by atoms with Crippen molar-refractivity contribution in [3.8, 4) is 0 Å². The van der Waals surface area contributed by atoms with Crippen molar-refractivity contribution in [2.75, 3.05) is 20.3 Å². The van der Waals surface area contributed by atoms with Crippen molar-refractivity contribution < 1.29 is 4.74 Å². The number of hydrogen-bond donors (Lipinski definition) is 2. The van der Waals surface area contributed by atoms with Crippen LogP contribution >= 0.6 is 11.8 Å². The van der Waals surface area contributed by atoms with Crippen molar-refractivity contribution in [3.05, 3.63) is 36.2 Å². The van der Waals surface area contributed by atoms with E-state index in [-0.39, 0.29) is 0 Å². The van der Waals surface area contributed by atoms with Gasteiger partial charge in [0.15, 0.2) is 5.16 Å². The van der Waals surface area contributed by atoms with Crippen LogP contribution in [0, 0.1) is 0 Å². The van der Waals surface area contributed by atoms with Crippen molar-refractivity contribution in [2.24, 2.45) is 0 Å². The average molecular weight is 264 g/mol. The molecular formula is C12H16N4OS. The SMILES string of the molecule is COCCNCc1ccccc1Sc1ncn[nH]1. The standard InChI is InChI=1S/C12H16N4OS/c1-17-7-6-13-8-10-4-2-3-5-11(10)18-12-14-9-15-16-12/h2-5,9,13H,6-8H2,1H3,(H,14,15,16). The van der Waals surface area contributed by atoms with Gasteiger partial charge in [0.2, 0.25) is 0 Å². The Morgan fingerprint density at radius 1 is 1.39 bits per heavy atom. The van der Waals surface area contributed by atoms with Crippen LogP contribution in [0.25, 0.3) is 0 Å². The van der Waals surface area contributed by atoms with E-state index in [1.807, 2.05) is 12.1 Å². The van der Waals surface area contributed by atoms with Gasteiger partial charge in [0.25, 0.3) is 0 Å². The van der Waals surface area contributed by atoms with Gasteiger partial charge in [-0.05, 0) is 11.6 Å². The van der Waals surface area contributed by atoms with Crippen LogP contribution in [-0.2, 0) is 11.3 Å². The summed E-state index contributed by atoms with van der Waals surface area (Å²) in [6.45, 7) is 2.38. The fourth-order valence-electron chi connectivity index (χ4n) is 1.49. The molecule has 0 aliphatic carbocycles. The first-order valence-corrected chi connectivity index (χ1v) is 6.52. The largest absolute Gasteiger partial charge is 0.383 e. The monoisotopic (exact) mass is 264 g/mol. The zero-order chi connectivity index (χ0) is 12.6. The molecule has 0 fully saturated rings. The summed E-state index contributed by atoms with van der Waals surface area (Å²) in [7, 11) is 1.70. The van der Waals surface area contributed by atoms with Gasteiger partial charge < -0.3 is 10.1 Å². The fourth-order valence-corrected chi connectivity index (χ4v) is 2.32. The van der Waals surface area contributed by atoms with Gasteiger partial charge in [-0.2, -0.15) is 5.10 Å². The van der Waals surface area contributed by atoms with E-state index in [0.717, 1.165) is 24.9 Å². The summed E-state index contributed by atoms with van der Waals surface area (Å²) in [6, 6.07) is 8.26. The number of ether oxygens (including phenoxy) is 1.